The molecule has 1 aliphatic rings. The largest absolute Gasteiger partial charge is 0.328 e. The smallest absolute Gasteiger partial charge is 0.248 e. The van der Waals surface area contributed by atoms with E-state index in [-0.39, 0.29) is 5.56 Å². The number of H-pyrrole nitrogens is 1. The fraction of sp³-hybridized carbons (Fsp3) is 0.455. The van der Waals surface area contributed by atoms with Crippen LogP contribution in [-0.4, -0.2) is 29.3 Å². The fourth-order valence-electron chi connectivity index (χ4n) is 1.68. The number of carbonyl (C=O) groups is 1. The maximum absolute atomic E-state index is 11.1. The fourth-order valence-corrected chi connectivity index (χ4v) is 1.68. The van der Waals surface area contributed by atoms with Gasteiger partial charge in [0.1, 0.15) is 0 Å². The molecule has 1 aliphatic carbocycles. The maximum Gasteiger partial charge on any atom is 0.248 e. The molecule has 1 aromatic rings. The van der Waals surface area contributed by atoms with Gasteiger partial charge in [-0.1, -0.05) is 0 Å². The molecule has 1 heterocycles. The molecule has 2 rings (SSSR count). The third-order valence-electron chi connectivity index (χ3n) is 2.76. The molecule has 0 aromatic carbocycles. The molecule has 15 heavy (non-hydrogen) atoms. The van der Waals surface area contributed by atoms with Crippen LogP contribution in [0.25, 0.3) is 0 Å². The number of nitrogens with zero attached hydrogens (tertiary/aromatic N) is 1. The Hall–Kier alpha value is -1.42. The van der Waals surface area contributed by atoms with E-state index in [1.54, 1.807) is 0 Å². The van der Waals surface area contributed by atoms with Crippen LogP contribution in [0.5, 0.6) is 0 Å². The van der Waals surface area contributed by atoms with E-state index in [1.165, 1.54) is 25.1 Å². The molecule has 80 valence electrons. The first kappa shape index (κ1) is 10.1. The first-order valence-electron chi connectivity index (χ1n) is 5.07. The maximum atomic E-state index is 11.1. The summed E-state index contributed by atoms with van der Waals surface area (Å²) < 4.78 is 0. The number of nitrogens with one attached hydrogen (secondary N) is 1. The van der Waals surface area contributed by atoms with Gasteiger partial charge in [-0.3, -0.25) is 14.5 Å². The molecule has 0 aliphatic heterocycles. The Bertz CT molecular complexity index is 421. The molecular formula is C11H14N2O2. The van der Waals surface area contributed by atoms with Crippen molar-refractivity contribution in [2.45, 2.75) is 25.4 Å². The minimum Gasteiger partial charge on any atom is -0.328 e. The molecule has 1 fully saturated rings. The van der Waals surface area contributed by atoms with Gasteiger partial charge in [-0.2, -0.15) is 0 Å². The summed E-state index contributed by atoms with van der Waals surface area (Å²) >= 11 is 0. The second-order valence-electron chi connectivity index (χ2n) is 4.04. The van der Waals surface area contributed by atoms with Crippen molar-refractivity contribution in [1.82, 2.24) is 9.88 Å². The average Bonchev–Trinajstić information content (AvgIpc) is 3.01. The van der Waals surface area contributed by atoms with E-state index in [9.17, 15) is 9.59 Å². The highest BCUT2D eigenvalue weighted by atomic mass is 16.1. The molecule has 4 nitrogen and oxygen atoms in total. The normalized spacial score (nSPS) is 15.6. The number of aromatic nitrogens is 1. The standard InChI is InChI=1S/C11H14N2O2/c1-13(10-2-3-10)6-8-4-11(15)12-5-9(8)7-14/h4-5,7,10H,2-3,6H2,1H3,(H,12,15). The van der Waals surface area contributed by atoms with Gasteiger partial charge in [0.15, 0.2) is 6.29 Å². The highest BCUT2D eigenvalue weighted by Gasteiger charge is 2.26. The number of hydrogen-bond acceptors (Lipinski definition) is 3. The van der Waals surface area contributed by atoms with Gasteiger partial charge in [0.2, 0.25) is 5.56 Å². The summed E-state index contributed by atoms with van der Waals surface area (Å²) in [5.74, 6) is 0. The van der Waals surface area contributed by atoms with Crippen LogP contribution in [0.3, 0.4) is 0 Å². The molecule has 1 saturated carbocycles. The molecule has 1 aromatic heterocycles. The SMILES string of the molecule is CN(Cc1cc(=O)[nH]cc1C=O)C1CC1. The first-order valence-corrected chi connectivity index (χ1v) is 5.07. The van der Waals surface area contributed by atoms with Gasteiger partial charge in [-0.15, -0.1) is 0 Å². The number of pyridine rings is 1. The number of aromatic amines is 1. The van der Waals surface area contributed by atoms with Crippen molar-refractivity contribution < 1.29 is 4.79 Å². The molecule has 0 unspecified atom stereocenters. The lowest BCUT2D eigenvalue weighted by Gasteiger charge is -2.16. The summed E-state index contributed by atoms with van der Waals surface area (Å²) in [6, 6.07) is 2.13. The molecule has 0 spiro atoms. The summed E-state index contributed by atoms with van der Waals surface area (Å²) in [4.78, 5) is 26.6. The van der Waals surface area contributed by atoms with Crippen molar-refractivity contribution in [3.05, 3.63) is 33.7 Å². The molecule has 0 amide bonds. The van der Waals surface area contributed by atoms with Crippen molar-refractivity contribution in [3.8, 4) is 0 Å². The number of rotatable bonds is 4. The minimum atomic E-state index is -0.153. The molecule has 0 bridgehead atoms. The molecule has 1 N–H and O–H groups in total. The summed E-state index contributed by atoms with van der Waals surface area (Å²) in [5, 5.41) is 0. The van der Waals surface area contributed by atoms with Crippen LogP contribution >= 0.6 is 0 Å². The number of carbonyl (C=O) groups excluding carboxylic acids is 1. The monoisotopic (exact) mass is 206 g/mol. The van der Waals surface area contributed by atoms with Crippen molar-refractivity contribution in [1.29, 1.82) is 0 Å². The van der Waals surface area contributed by atoms with Gasteiger partial charge >= 0.3 is 0 Å². The van der Waals surface area contributed by atoms with Gasteiger partial charge in [0.25, 0.3) is 0 Å². The van der Waals surface area contributed by atoms with Crippen molar-refractivity contribution in [2.24, 2.45) is 0 Å². The van der Waals surface area contributed by atoms with Gasteiger partial charge in [0, 0.05) is 30.4 Å². The van der Waals surface area contributed by atoms with E-state index in [0.29, 0.717) is 18.2 Å². The van der Waals surface area contributed by atoms with Crippen LogP contribution in [0, 0.1) is 0 Å². The second-order valence-corrected chi connectivity index (χ2v) is 4.04. The van der Waals surface area contributed by atoms with Crippen LogP contribution in [0.4, 0.5) is 0 Å². The van der Waals surface area contributed by atoms with Crippen LogP contribution in [0.2, 0.25) is 0 Å². The van der Waals surface area contributed by atoms with E-state index in [0.717, 1.165) is 11.8 Å². The van der Waals surface area contributed by atoms with Gasteiger partial charge in [-0.05, 0) is 25.5 Å². The molecular weight excluding hydrogens is 192 g/mol. The van der Waals surface area contributed by atoms with E-state index in [4.69, 9.17) is 0 Å². The molecule has 4 heteroatoms. The Balaban J connectivity index is 2.20. The lowest BCUT2D eigenvalue weighted by molar-refractivity contribution is 0.112. The summed E-state index contributed by atoms with van der Waals surface area (Å²) in [6.45, 7) is 0.669. The summed E-state index contributed by atoms with van der Waals surface area (Å²) in [6.07, 6.45) is 4.70. The predicted molar refractivity (Wildman–Crippen MR) is 56.9 cm³/mol. The molecule has 0 radical (unpaired) electrons. The minimum absolute atomic E-state index is 0.153. The summed E-state index contributed by atoms with van der Waals surface area (Å²) in [7, 11) is 2.02. The zero-order chi connectivity index (χ0) is 10.8. The Morgan fingerprint density at radius 1 is 1.60 bits per heavy atom. The Morgan fingerprint density at radius 3 is 2.93 bits per heavy atom. The Kier molecular flexibility index (Phi) is 2.68. The predicted octanol–water partition coefficient (Wildman–Crippen LogP) is 0.782. The summed E-state index contributed by atoms with van der Waals surface area (Å²) in [5.41, 5.74) is 1.23. The number of hydrogen-bond donors (Lipinski definition) is 1. The van der Waals surface area contributed by atoms with E-state index in [1.807, 2.05) is 7.05 Å². The van der Waals surface area contributed by atoms with Crippen LogP contribution in [-0.2, 0) is 6.54 Å². The van der Waals surface area contributed by atoms with Crippen LogP contribution in [0.1, 0.15) is 28.8 Å². The second kappa shape index (κ2) is 3.98. The first-order chi connectivity index (χ1) is 7.20. The van der Waals surface area contributed by atoms with Gasteiger partial charge in [0.05, 0.1) is 0 Å². The van der Waals surface area contributed by atoms with Crippen molar-refractivity contribution >= 4 is 6.29 Å². The topological polar surface area (TPSA) is 53.2 Å². The zero-order valence-electron chi connectivity index (χ0n) is 8.69. The van der Waals surface area contributed by atoms with Crippen molar-refractivity contribution in [2.75, 3.05) is 7.05 Å². The Morgan fingerprint density at radius 2 is 2.33 bits per heavy atom. The van der Waals surface area contributed by atoms with Crippen molar-refractivity contribution in [3.63, 3.8) is 0 Å². The van der Waals surface area contributed by atoms with E-state index >= 15 is 0 Å². The lowest BCUT2D eigenvalue weighted by atomic mass is 10.1. The zero-order valence-corrected chi connectivity index (χ0v) is 8.69. The quantitative estimate of drug-likeness (QED) is 0.741. The average molecular weight is 206 g/mol. The van der Waals surface area contributed by atoms with Crippen LogP contribution < -0.4 is 5.56 Å². The van der Waals surface area contributed by atoms with Crippen LogP contribution in [0.15, 0.2) is 17.1 Å². The Labute approximate surface area is 87.9 Å². The van der Waals surface area contributed by atoms with Gasteiger partial charge in [-0.25, -0.2) is 0 Å². The highest BCUT2D eigenvalue weighted by Crippen LogP contribution is 2.26. The highest BCUT2D eigenvalue weighted by molar-refractivity contribution is 5.76. The van der Waals surface area contributed by atoms with E-state index < -0.39 is 0 Å². The third-order valence-corrected chi connectivity index (χ3v) is 2.76. The number of aldehydes is 1. The lowest BCUT2D eigenvalue weighted by Crippen LogP contribution is -2.22. The molecule has 0 saturated heterocycles. The van der Waals surface area contributed by atoms with E-state index in [2.05, 4.69) is 9.88 Å². The third kappa shape index (κ3) is 2.33. The molecule has 0 atom stereocenters. The van der Waals surface area contributed by atoms with Gasteiger partial charge < -0.3 is 4.98 Å².